The Bertz CT molecular complexity index is 705. The molecule has 0 unspecified atom stereocenters. The lowest BCUT2D eigenvalue weighted by Gasteiger charge is -2.18. The zero-order valence-electron chi connectivity index (χ0n) is 10.4. The predicted molar refractivity (Wildman–Crippen MR) is 83.4 cm³/mol. The molecule has 0 atom stereocenters. The molecule has 0 bridgehead atoms. The number of ether oxygens (including phenoxy) is 1. The van der Waals surface area contributed by atoms with Crippen molar-refractivity contribution in [1.29, 1.82) is 0 Å². The minimum atomic E-state index is -0.0309. The molecule has 0 N–H and O–H groups in total. The molecule has 2 aromatic carbocycles. The molecule has 1 aliphatic rings. The van der Waals surface area contributed by atoms with Crippen LogP contribution in [0.1, 0.15) is 15.9 Å². The van der Waals surface area contributed by atoms with E-state index >= 15 is 0 Å². The Morgan fingerprint density at radius 2 is 1.90 bits per heavy atom. The molecule has 1 heterocycles. The molecule has 4 heteroatoms. The lowest BCUT2D eigenvalue weighted by Crippen LogP contribution is -2.18. The van der Waals surface area contributed by atoms with Crippen molar-refractivity contribution in [2.75, 3.05) is 6.61 Å². The van der Waals surface area contributed by atoms with Gasteiger partial charge < -0.3 is 4.74 Å². The van der Waals surface area contributed by atoms with E-state index in [2.05, 4.69) is 15.9 Å². The van der Waals surface area contributed by atoms with Gasteiger partial charge in [0.25, 0.3) is 0 Å². The van der Waals surface area contributed by atoms with E-state index in [-0.39, 0.29) is 12.4 Å². The lowest BCUT2D eigenvalue weighted by molar-refractivity contribution is 0.100. The van der Waals surface area contributed by atoms with E-state index in [0.717, 1.165) is 10.0 Å². The maximum absolute atomic E-state index is 12.4. The number of carbonyl (C=O) groups is 1. The van der Waals surface area contributed by atoms with Crippen molar-refractivity contribution in [3.05, 3.63) is 68.7 Å². The zero-order chi connectivity index (χ0) is 14.1. The van der Waals surface area contributed by atoms with Crippen LogP contribution in [0, 0.1) is 0 Å². The van der Waals surface area contributed by atoms with Gasteiger partial charge in [-0.3, -0.25) is 4.79 Å². The number of Topliss-reactive ketones (excluding diaryl/α,β-unsaturated/α-hetero) is 1. The largest absolute Gasteiger partial charge is 0.488 e. The summed E-state index contributed by atoms with van der Waals surface area (Å²) in [4.78, 5) is 12.4. The van der Waals surface area contributed by atoms with Gasteiger partial charge in [0.05, 0.1) is 5.56 Å². The molecule has 2 aromatic rings. The molecule has 0 aromatic heterocycles. The van der Waals surface area contributed by atoms with E-state index in [9.17, 15) is 4.79 Å². The van der Waals surface area contributed by atoms with Crippen LogP contribution in [0.25, 0.3) is 6.08 Å². The molecule has 1 aliphatic heterocycles. The van der Waals surface area contributed by atoms with Gasteiger partial charge in [0, 0.05) is 15.1 Å². The van der Waals surface area contributed by atoms with Crippen molar-refractivity contribution in [3.8, 4) is 5.75 Å². The first-order valence-corrected chi connectivity index (χ1v) is 7.24. The molecule has 0 saturated heterocycles. The summed E-state index contributed by atoms with van der Waals surface area (Å²) in [6.45, 7) is 0.281. The Kier molecular flexibility index (Phi) is 3.64. The third kappa shape index (κ3) is 2.65. The molecule has 0 spiro atoms. The number of fused-ring (bicyclic) bond motifs is 1. The first-order valence-electron chi connectivity index (χ1n) is 6.07. The summed E-state index contributed by atoms with van der Waals surface area (Å²) < 4.78 is 6.60. The fourth-order valence-corrected chi connectivity index (χ4v) is 2.50. The summed E-state index contributed by atoms with van der Waals surface area (Å²) >= 11 is 9.32. The van der Waals surface area contributed by atoms with Crippen molar-refractivity contribution in [2.45, 2.75) is 0 Å². The molecule has 100 valence electrons. The maximum Gasteiger partial charge on any atom is 0.196 e. The van der Waals surface area contributed by atoms with Crippen LogP contribution in [-0.4, -0.2) is 12.4 Å². The number of hydrogen-bond donors (Lipinski definition) is 0. The van der Waals surface area contributed by atoms with Gasteiger partial charge in [0.15, 0.2) is 5.78 Å². The van der Waals surface area contributed by atoms with Gasteiger partial charge in [-0.1, -0.05) is 39.7 Å². The average Bonchev–Trinajstić information content (AvgIpc) is 2.45. The van der Waals surface area contributed by atoms with Gasteiger partial charge in [-0.25, -0.2) is 0 Å². The van der Waals surface area contributed by atoms with E-state index in [4.69, 9.17) is 16.3 Å². The van der Waals surface area contributed by atoms with Gasteiger partial charge in [-0.15, -0.1) is 0 Å². The van der Waals surface area contributed by atoms with Crippen molar-refractivity contribution in [2.24, 2.45) is 0 Å². The number of halogens is 2. The number of ketones is 1. The highest BCUT2D eigenvalue weighted by molar-refractivity contribution is 9.10. The van der Waals surface area contributed by atoms with Crippen LogP contribution >= 0.6 is 27.5 Å². The standard InChI is InChI=1S/C16H10BrClO2/c17-12-3-1-10(2-4-12)7-11-9-20-15-6-5-13(18)8-14(15)16(11)19/h1-8H,9H2. The van der Waals surface area contributed by atoms with Crippen LogP contribution in [0.3, 0.4) is 0 Å². The monoisotopic (exact) mass is 348 g/mol. The van der Waals surface area contributed by atoms with Crippen molar-refractivity contribution >= 4 is 39.4 Å². The number of benzene rings is 2. The van der Waals surface area contributed by atoms with Crippen LogP contribution in [0.5, 0.6) is 5.75 Å². The average molecular weight is 350 g/mol. The third-order valence-corrected chi connectivity index (χ3v) is 3.84. The predicted octanol–water partition coefficient (Wildman–Crippen LogP) is 4.76. The smallest absolute Gasteiger partial charge is 0.196 e. The minimum absolute atomic E-state index is 0.0309. The Morgan fingerprint density at radius 3 is 2.65 bits per heavy atom. The number of hydrogen-bond acceptors (Lipinski definition) is 2. The molecule has 0 amide bonds. The molecule has 0 saturated carbocycles. The van der Waals surface area contributed by atoms with E-state index in [0.29, 0.717) is 21.9 Å². The topological polar surface area (TPSA) is 26.3 Å². The van der Waals surface area contributed by atoms with Gasteiger partial charge in [0.2, 0.25) is 0 Å². The van der Waals surface area contributed by atoms with Gasteiger partial charge in [-0.2, -0.15) is 0 Å². The van der Waals surface area contributed by atoms with Crippen LogP contribution in [0.2, 0.25) is 5.02 Å². The molecule has 0 radical (unpaired) electrons. The second kappa shape index (κ2) is 5.43. The van der Waals surface area contributed by atoms with Crippen molar-refractivity contribution < 1.29 is 9.53 Å². The second-order valence-corrected chi connectivity index (χ2v) is 5.83. The molecule has 0 aliphatic carbocycles. The molecule has 20 heavy (non-hydrogen) atoms. The number of rotatable bonds is 1. The molecular formula is C16H10BrClO2. The van der Waals surface area contributed by atoms with Gasteiger partial charge >= 0.3 is 0 Å². The normalized spacial score (nSPS) is 15.9. The van der Waals surface area contributed by atoms with Crippen LogP contribution in [0.15, 0.2) is 52.5 Å². The summed E-state index contributed by atoms with van der Waals surface area (Å²) in [6, 6.07) is 12.9. The Hall–Kier alpha value is -1.58. The van der Waals surface area contributed by atoms with Crippen molar-refractivity contribution in [3.63, 3.8) is 0 Å². The zero-order valence-corrected chi connectivity index (χ0v) is 12.7. The third-order valence-electron chi connectivity index (χ3n) is 3.07. The fourth-order valence-electron chi connectivity index (χ4n) is 2.07. The summed E-state index contributed by atoms with van der Waals surface area (Å²) in [7, 11) is 0. The minimum Gasteiger partial charge on any atom is -0.488 e. The first-order chi connectivity index (χ1) is 9.63. The Balaban J connectivity index is 1.97. The highest BCUT2D eigenvalue weighted by Gasteiger charge is 2.23. The van der Waals surface area contributed by atoms with Gasteiger partial charge in [0.1, 0.15) is 12.4 Å². The quantitative estimate of drug-likeness (QED) is 0.694. The van der Waals surface area contributed by atoms with Crippen LogP contribution in [0.4, 0.5) is 0 Å². The highest BCUT2D eigenvalue weighted by atomic mass is 79.9. The summed E-state index contributed by atoms with van der Waals surface area (Å²) in [5.74, 6) is 0.559. The van der Waals surface area contributed by atoms with Crippen LogP contribution < -0.4 is 4.74 Å². The SMILES string of the molecule is O=C1C(=Cc2ccc(Br)cc2)COc2ccc(Cl)cc21. The number of carbonyl (C=O) groups excluding carboxylic acids is 1. The highest BCUT2D eigenvalue weighted by Crippen LogP contribution is 2.30. The van der Waals surface area contributed by atoms with E-state index in [1.54, 1.807) is 18.2 Å². The molecular weight excluding hydrogens is 340 g/mol. The van der Waals surface area contributed by atoms with E-state index in [1.165, 1.54) is 0 Å². The van der Waals surface area contributed by atoms with E-state index < -0.39 is 0 Å². The summed E-state index contributed by atoms with van der Waals surface area (Å²) in [5, 5.41) is 0.533. The van der Waals surface area contributed by atoms with Crippen molar-refractivity contribution in [1.82, 2.24) is 0 Å². The maximum atomic E-state index is 12.4. The second-order valence-electron chi connectivity index (χ2n) is 4.48. The fraction of sp³-hybridized carbons (Fsp3) is 0.0625. The Morgan fingerprint density at radius 1 is 1.15 bits per heavy atom. The van der Waals surface area contributed by atoms with Gasteiger partial charge in [-0.05, 0) is 42.0 Å². The molecule has 2 nitrogen and oxygen atoms in total. The van der Waals surface area contributed by atoms with E-state index in [1.807, 2.05) is 30.3 Å². The summed E-state index contributed by atoms with van der Waals surface area (Å²) in [6.07, 6.45) is 1.85. The first kappa shape index (κ1) is 13.4. The summed E-state index contributed by atoms with van der Waals surface area (Å²) in [5.41, 5.74) is 2.11. The molecule has 3 rings (SSSR count). The lowest BCUT2D eigenvalue weighted by atomic mass is 9.98. The van der Waals surface area contributed by atoms with Crippen LogP contribution in [-0.2, 0) is 0 Å². The molecule has 0 fully saturated rings. The Labute approximate surface area is 130 Å².